The lowest BCUT2D eigenvalue weighted by molar-refractivity contribution is 0.152. The second-order valence-corrected chi connectivity index (χ2v) is 10.6. The van der Waals surface area contributed by atoms with Gasteiger partial charge in [0, 0.05) is 28.3 Å². The number of fused-ring (bicyclic) bond motifs is 2. The summed E-state index contributed by atoms with van der Waals surface area (Å²) in [7, 11) is 1.35. The van der Waals surface area contributed by atoms with Crippen molar-refractivity contribution in [3.8, 4) is 40.1 Å². The van der Waals surface area contributed by atoms with Crippen LogP contribution in [0.1, 0.15) is 58.2 Å². The predicted molar refractivity (Wildman–Crippen MR) is 149 cm³/mol. The van der Waals surface area contributed by atoms with E-state index in [1.165, 1.54) is 7.11 Å². The Morgan fingerprint density at radius 2 is 1.61 bits per heavy atom. The molecule has 2 heterocycles. The van der Waals surface area contributed by atoms with E-state index in [0.717, 1.165) is 17.2 Å². The topological polar surface area (TPSA) is 109 Å². The highest BCUT2D eigenvalue weighted by atomic mass is 16.5. The average Bonchev–Trinajstić information content (AvgIpc) is 2.82. The highest BCUT2D eigenvalue weighted by molar-refractivity contribution is 5.92. The molecule has 0 aliphatic carbocycles. The predicted octanol–water partition coefficient (Wildman–Crippen LogP) is 6.79. The lowest BCUT2D eigenvalue weighted by atomic mass is 9.92. The van der Waals surface area contributed by atoms with Crippen LogP contribution in [0, 0.1) is 0 Å². The van der Waals surface area contributed by atoms with Crippen molar-refractivity contribution in [1.82, 2.24) is 0 Å². The summed E-state index contributed by atoms with van der Waals surface area (Å²) in [6.07, 6.45) is 8.21. The fraction of sp³-hybridized carbons (Fsp3) is 0.323. The van der Waals surface area contributed by atoms with Gasteiger partial charge < -0.3 is 29.2 Å². The molecule has 1 aliphatic rings. The third kappa shape index (κ3) is 4.88. The molecule has 3 aromatic rings. The van der Waals surface area contributed by atoms with Gasteiger partial charge in [0.05, 0.1) is 7.11 Å². The Balaban J connectivity index is 2.13. The normalized spacial score (nSPS) is 13.6. The molecule has 0 amide bonds. The SMILES string of the molecule is COc1c(-c2cc3c(c(O)c2CC=C(C)C)OC(C)(C)C=C3)oc2c(CC=C(C)C)c(O)cc(O)c2c1=O. The van der Waals surface area contributed by atoms with Crippen LogP contribution in [0.5, 0.6) is 28.7 Å². The zero-order valence-corrected chi connectivity index (χ0v) is 22.9. The molecule has 1 aliphatic heterocycles. The summed E-state index contributed by atoms with van der Waals surface area (Å²) in [5, 5.41) is 32.6. The lowest BCUT2D eigenvalue weighted by Gasteiger charge is -2.29. The molecule has 7 heteroatoms. The highest BCUT2D eigenvalue weighted by Crippen LogP contribution is 2.47. The van der Waals surface area contributed by atoms with Gasteiger partial charge in [-0.3, -0.25) is 4.79 Å². The minimum Gasteiger partial charge on any atom is -0.507 e. The van der Waals surface area contributed by atoms with Gasteiger partial charge in [-0.15, -0.1) is 0 Å². The van der Waals surface area contributed by atoms with Crippen LogP contribution in [-0.2, 0) is 12.8 Å². The minimum absolute atomic E-state index is 0.0547. The zero-order valence-electron chi connectivity index (χ0n) is 22.9. The van der Waals surface area contributed by atoms with Gasteiger partial charge in [0.1, 0.15) is 28.1 Å². The monoisotopic (exact) mass is 518 g/mol. The summed E-state index contributed by atoms with van der Waals surface area (Å²) in [5.74, 6) is -0.342. The van der Waals surface area contributed by atoms with Gasteiger partial charge >= 0.3 is 0 Å². The van der Waals surface area contributed by atoms with Crippen molar-refractivity contribution in [1.29, 1.82) is 0 Å². The minimum atomic E-state index is -0.609. The zero-order chi connectivity index (χ0) is 27.9. The Morgan fingerprint density at radius 1 is 0.974 bits per heavy atom. The number of phenols is 3. The van der Waals surface area contributed by atoms with Crippen LogP contribution in [-0.4, -0.2) is 28.0 Å². The molecule has 1 aromatic heterocycles. The molecule has 0 radical (unpaired) electrons. The van der Waals surface area contributed by atoms with Crippen LogP contribution in [0.2, 0.25) is 0 Å². The number of aromatic hydroxyl groups is 3. The summed E-state index contributed by atoms with van der Waals surface area (Å²) in [6.45, 7) is 11.5. The average molecular weight is 519 g/mol. The van der Waals surface area contributed by atoms with Crippen molar-refractivity contribution in [2.75, 3.05) is 7.11 Å². The molecule has 38 heavy (non-hydrogen) atoms. The van der Waals surface area contributed by atoms with E-state index in [2.05, 4.69) is 0 Å². The van der Waals surface area contributed by atoms with Crippen molar-refractivity contribution < 1.29 is 29.2 Å². The van der Waals surface area contributed by atoms with Crippen LogP contribution in [0.15, 0.2) is 50.7 Å². The second kappa shape index (κ2) is 9.97. The first-order chi connectivity index (χ1) is 17.8. The quantitative estimate of drug-likeness (QED) is 0.308. The molecule has 200 valence electrons. The number of methoxy groups -OCH3 is 1. The van der Waals surface area contributed by atoms with Gasteiger partial charge in [0.15, 0.2) is 17.3 Å². The molecule has 0 unspecified atom stereocenters. The second-order valence-electron chi connectivity index (χ2n) is 10.6. The number of hydrogen-bond donors (Lipinski definition) is 3. The summed E-state index contributed by atoms with van der Waals surface area (Å²) in [4.78, 5) is 13.7. The number of benzene rings is 2. The van der Waals surface area contributed by atoms with Crippen molar-refractivity contribution in [2.24, 2.45) is 0 Å². The Bertz CT molecular complexity index is 1570. The van der Waals surface area contributed by atoms with Crippen molar-refractivity contribution >= 4 is 17.0 Å². The van der Waals surface area contributed by atoms with Crippen LogP contribution >= 0.6 is 0 Å². The van der Waals surface area contributed by atoms with Gasteiger partial charge in [-0.25, -0.2) is 0 Å². The lowest BCUT2D eigenvalue weighted by Crippen LogP contribution is -2.27. The van der Waals surface area contributed by atoms with Crippen LogP contribution in [0.4, 0.5) is 0 Å². The molecular weight excluding hydrogens is 484 g/mol. The van der Waals surface area contributed by atoms with Crippen molar-refractivity contribution in [3.63, 3.8) is 0 Å². The van der Waals surface area contributed by atoms with E-state index in [1.807, 2.05) is 65.8 Å². The van der Waals surface area contributed by atoms with E-state index >= 15 is 0 Å². The Morgan fingerprint density at radius 3 is 2.21 bits per heavy atom. The molecule has 7 nitrogen and oxygen atoms in total. The molecule has 3 N–H and O–H groups in total. The standard InChI is InChI=1S/C31H34O7/c1-16(2)8-10-19-21(14-18-12-13-31(5,6)38-27(18)25(19)34)29-30(36-7)26(35)24-23(33)15-22(32)20(28(24)37-29)11-9-17(3)4/h8-9,12-15,32-34H,10-11H2,1-7H3. The first-order valence-corrected chi connectivity index (χ1v) is 12.5. The van der Waals surface area contributed by atoms with E-state index in [9.17, 15) is 20.1 Å². The largest absolute Gasteiger partial charge is 0.507 e. The van der Waals surface area contributed by atoms with Gasteiger partial charge in [-0.1, -0.05) is 29.4 Å². The fourth-order valence-corrected chi connectivity index (χ4v) is 4.48. The molecule has 0 saturated heterocycles. The van der Waals surface area contributed by atoms with E-state index in [1.54, 1.807) is 6.07 Å². The summed E-state index contributed by atoms with van der Waals surface area (Å²) >= 11 is 0. The Labute approximate surface area is 222 Å². The fourth-order valence-electron chi connectivity index (χ4n) is 4.48. The summed E-state index contributed by atoms with van der Waals surface area (Å²) < 4.78 is 18.0. The molecule has 0 atom stereocenters. The molecule has 0 bridgehead atoms. The van der Waals surface area contributed by atoms with Gasteiger partial charge in [-0.05, 0) is 66.5 Å². The number of ether oxygens (including phenoxy) is 2. The van der Waals surface area contributed by atoms with Gasteiger partial charge in [0.25, 0.3) is 0 Å². The summed E-state index contributed by atoms with van der Waals surface area (Å²) in [6, 6.07) is 2.93. The first-order valence-electron chi connectivity index (χ1n) is 12.5. The highest BCUT2D eigenvalue weighted by Gasteiger charge is 2.30. The molecule has 0 saturated carbocycles. The number of rotatable bonds is 6. The first kappa shape index (κ1) is 26.9. The molecule has 2 aromatic carbocycles. The van der Waals surface area contributed by atoms with Crippen molar-refractivity contribution in [2.45, 2.75) is 60.0 Å². The molecule has 0 fully saturated rings. The maximum atomic E-state index is 13.7. The van der Waals surface area contributed by atoms with Crippen LogP contribution in [0.3, 0.4) is 0 Å². The Hall–Kier alpha value is -4.13. The Kier molecular flexibility index (Phi) is 7.06. The van der Waals surface area contributed by atoms with Crippen molar-refractivity contribution in [3.05, 3.63) is 68.4 Å². The third-order valence-electron chi connectivity index (χ3n) is 6.48. The van der Waals surface area contributed by atoms with Gasteiger partial charge in [0.2, 0.25) is 11.2 Å². The van der Waals surface area contributed by atoms with E-state index in [4.69, 9.17) is 13.9 Å². The molecule has 4 rings (SSSR count). The summed E-state index contributed by atoms with van der Waals surface area (Å²) in [5.41, 5.74) is 2.83. The van der Waals surface area contributed by atoms with Crippen LogP contribution in [0.25, 0.3) is 28.4 Å². The van der Waals surface area contributed by atoms with E-state index < -0.39 is 16.8 Å². The smallest absolute Gasteiger partial charge is 0.239 e. The number of allylic oxidation sites excluding steroid dienone is 4. The molecule has 0 spiro atoms. The maximum absolute atomic E-state index is 13.7. The number of phenolic OH excluding ortho intramolecular Hbond substituents is 3. The van der Waals surface area contributed by atoms with E-state index in [0.29, 0.717) is 34.4 Å². The van der Waals surface area contributed by atoms with Gasteiger partial charge in [-0.2, -0.15) is 0 Å². The maximum Gasteiger partial charge on any atom is 0.239 e. The van der Waals surface area contributed by atoms with E-state index in [-0.39, 0.29) is 40.4 Å². The number of hydrogen-bond acceptors (Lipinski definition) is 7. The third-order valence-corrected chi connectivity index (χ3v) is 6.48. The molecular formula is C31H34O7. The van der Waals surface area contributed by atoms with Crippen LogP contribution < -0.4 is 14.9 Å².